The van der Waals surface area contributed by atoms with Crippen LogP contribution in [0.4, 0.5) is 10.6 Å². The van der Waals surface area contributed by atoms with Gasteiger partial charge in [0.1, 0.15) is 11.6 Å². The fraction of sp³-hybridized carbons (Fsp3) is 0.375. The van der Waals surface area contributed by atoms with Gasteiger partial charge in [0, 0.05) is 24.0 Å². The molecule has 1 atom stereocenters. The molecule has 1 fully saturated rings. The Morgan fingerprint density at radius 2 is 1.90 bits per heavy atom. The highest BCUT2D eigenvalue weighted by atomic mass is 16.4. The van der Waals surface area contributed by atoms with E-state index in [1.165, 1.54) is 0 Å². The maximum atomic E-state index is 12.0. The van der Waals surface area contributed by atoms with Crippen LogP contribution in [0.5, 0.6) is 5.75 Å². The number of aromatic nitrogens is 2. The van der Waals surface area contributed by atoms with Crippen LogP contribution in [0.25, 0.3) is 22.3 Å². The Balaban J connectivity index is 1.79. The second kappa shape index (κ2) is 7.72. The van der Waals surface area contributed by atoms with Crippen LogP contribution in [0.3, 0.4) is 0 Å². The zero-order valence-electron chi connectivity index (χ0n) is 18.3. The number of phenolic OH excluding ortho intramolecular Hbond substituents is 1. The summed E-state index contributed by atoms with van der Waals surface area (Å²) < 4.78 is 0. The molecule has 7 nitrogen and oxygen atoms in total. The number of aromatic hydroxyl groups is 1. The lowest BCUT2D eigenvalue weighted by Gasteiger charge is -2.38. The van der Waals surface area contributed by atoms with Crippen molar-refractivity contribution < 1.29 is 15.0 Å². The first-order valence-electron chi connectivity index (χ1n) is 10.5. The number of benzene rings is 2. The molecule has 0 saturated carbocycles. The number of fused-ring (bicyclic) bond motifs is 1. The number of hydrogen-bond donors (Lipinski definition) is 2. The van der Waals surface area contributed by atoms with Gasteiger partial charge in [-0.3, -0.25) is 4.90 Å². The van der Waals surface area contributed by atoms with Crippen LogP contribution in [0.1, 0.15) is 32.8 Å². The van der Waals surface area contributed by atoms with E-state index in [9.17, 15) is 15.0 Å². The van der Waals surface area contributed by atoms with Gasteiger partial charge in [0.25, 0.3) is 0 Å². The molecule has 2 N–H and O–H groups in total. The molecule has 162 valence electrons. The fourth-order valence-electron chi connectivity index (χ4n) is 4.38. The zero-order valence-corrected chi connectivity index (χ0v) is 18.3. The van der Waals surface area contributed by atoms with Gasteiger partial charge in [0.05, 0.1) is 17.1 Å². The summed E-state index contributed by atoms with van der Waals surface area (Å²) >= 11 is 0. The molecule has 0 spiro atoms. The topological polar surface area (TPSA) is 89.8 Å². The Hall–Kier alpha value is -3.35. The van der Waals surface area contributed by atoms with Crippen molar-refractivity contribution in [3.8, 4) is 17.1 Å². The normalized spacial score (nSPS) is 16.6. The first-order valence-corrected chi connectivity index (χ1v) is 10.5. The first kappa shape index (κ1) is 20.9. The molecule has 3 aromatic rings. The number of para-hydroxylation sites is 1. The molecule has 2 aromatic carbocycles. The van der Waals surface area contributed by atoms with Crippen molar-refractivity contribution in [1.82, 2.24) is 14.9 Å². The van der Waals surface area contributed by atoms with Crippen LogP contribution in [0.2, 0.25) is 0 Å². The summed E-state index contributed by atoms with van der Waals surface area (Å²) in [5.41, 5.74) is 1.98. The SMILES string of the molecule is Cc1ccc2c(N3CC[C@@H](N(C(=O)O)C(C)(C)C)C3)nc(-c3ccccc3O)nc2c1. The molecular weight excluding hydrogens is 392 g/mol. The number of aryl methyl sites for hydroxylation is 1. The van der Waals surface area contributed by atoms with Gasteiger partial charge in [-0.25, -0.2) is 14.8 Å². The Morgan fingerprint density at radius 1 is 1.16 bits per heavy atom. The molecule has 0 unspecified atom stereocenters. The Labute approximate surface area is 182 Å². The molecule has 0 radical (unpaired) electrons. The lowest BCUT2D eigenvalue weighted by atomic mass is 10.0. The van der Waals surface area contributed by atoms with Crippen molar-refractivity contribution >= 4 is 22.8 Å². The number of hydrogen-bond acceptors (Lipinski definition) is 5. The van der Waals surface area contributed by atoms with E-state index < -0.39 is 11.6 Å². The van der Waals surface area contributed by atoms with Crippen molar-refractivity contribution in [2.75, 3.05) is 18.0 Å². The van der Waals surface area contributed by atoms with Gasteiger partial charge in [0.15, 0.2) is 5.82 Å². The molecule has 7 heteroatoms. The zero-order chi connectivity index (χ0) is 22.3. The largest absolute Gasteiger partial charge is 0.507 e. The van der Waals surface area contributed by atoms with Crippen molar-refractivity contribution in [3.63, 3.8) is 0 Å². The molecule has 1 aliphatic rings. The standard InChI is InChI=1S/C24H28N4O3/c1-15-9-10-17-19(13-15)25-21(18-7-5-6-8-20(18)29)26-22(17)27-12-11-16(14-27)28(23(30)31)24(2,3)4/h5-10,13,16,29H,11-12,14H2,1-4H3,(H,30,31)/t16-/m1/s1. The third kappa shape index (κ3) is 4.00. The van der Waals surface area contributed by atoms with Gasteiger partial charge in [0.2, 0.25) is 0 Å². The number of amides is 1. The van der Waals surface area contributed by atoms with Crippen molar-refractivity contribution in [2.45, 2.75) is 45.7 Å². The van der Waals surface area contributed by atoms with Gasteiger partial charge in [-0.2, -0.15) is 0 Å². The van der Waals surface area contributed by atoms with Crippen LogP contribution in [-0.4, -0.2) is 55.8 Å². The smallest absolute Gasteiger partial charge is 0.408 e. The summed E-state index contributed by atoms with van der Waals surface area (Å²) in [5.74, 6) is 1.36. The molecule has 0 aliphatic carbocycles. The van der Waals surface area contributed by atoms with E-state index in [-0.39, 0.29) is 11.8 Å². The predicted octanol–water partition coefficient (Wildman–Crippen LogP) is 4.67. The van der Waals surface area contributed by atoms with E-state index >= 15 is 0 Å². The highest BCUT2D eigenvalue weighted by Crippen LogP contribution is 2.34. The molecule has 1 amide bonds. The average molecular weight is 421 g/mol. The molecule has 4 rings (SSSR count). The van der Waals surface area contributed by atoms with Crippen LogP contribution < -0.4 is 4.90 Å². The maximum absolute atomic E-state index is 12.0. The quantitative estimate of drug-likeness (QED) is 0.640. The number of carbonyl (C=O) groups is 1. The van der Waals surface area contributed by atoms with Gasteiger partial charge >= 0.3 is 6.09 Å². The molecule has 31 heavy (non-hydrogen) atoms. The van der Waals surface area contributed by atoms with E-state index in [1.54, 1.807) is 23.1 Å². The minimum atomic E-state index is -0.905. The first-order chi connectivity index (χ1) is 14.6. The van der Waals surface area contributed by atoms with Crippen molar-refractivity contribution in [1.29, 1.82) is 0 Å². The minimum Gasteiger partial charge on any atom is -0.507 e. The summed E-state index contributed by atoms with van der Waals surface area (Å²) in [7, 11) is 0. The van der Waals surface area contributed by atoms with Crippen LogP contribution in [-0.2, 0) is 0 Å². The number of nitrogens with zero attached hydrogens (tertiary/aromatic N) is 4. The molecular formula is C24H28N4O3. The van der Waals surface area contributed by atoms with Gasteiger partial charge in [-0.15, -0.1) is 0 Å². The molecule has 2 heterocycles. The number of anilines is 1. The van der Waals surface area contributed by atoms with Gasteiger partial charge in [-0.05, 0) is 63.9 Å². The predicted molar refractivity (Wildman–Crippen MR) is 122 cm³/mol. The highest BCUT2D eigenvalue weighted by molar-refractivity contribution is 5.92. The Morgan fingerprint density at radius 3 is 2.58 bits per heavy atom. The molecule has 1 saturated heterocycles. The third-order valence-electron chi connectivity index (χ3n) is 5.73. The second-order valence-electron chi connectivity index (χ2n) is 9.12. The van der Waals surface area contributed by atoms with Crippen LogP contribution in [0, 0.1) is 6.92 Å². The molecule has 1 aromatic heterocycles. The van der Waals surface area contributed by atoms with E-state index in [0.717, 1.165) is 28.7 Å². The Bertz CT molecular complexity index is 1140. The van der Waals surface area contributed by atoms with Crippen molar-refractivity contribution in [3.05, 3.63) is 48.0 Å². The van der Waals surface area contributed by atoms with Crippen molar-refractivity contribution in [2.24, 2.45) is 0 Å². The summed E-state index contributed by atoms with van der Waals surface area (Å²) in [6.07, 6.45) is -0.176. The molecule has 1 aliphatic heterocycles. The van der Waals surface area contributed by atoms with Crippen LogP contribution >= 0.6 is 0 Å². The summed E-state index contributed by atoms with van der Waals surface area (Å²) in [5, 5.41) is 21.1. The number of phenols is 1. The summed E-state index contributed by atoms with van der Waals surface area (Å²) in [6.45, 7) is 9.03. The van der Waals surface area contributed by atoms with E-state index in [2.05, 4.69) is 4.90 Å². The fourth-order valence-corrected chi connectivity index (χ4v) is 4.38. The number of rotatable bonds is 3. The highest BCUT2D eigenvalue weighted by Gasteiger charge is 2.38. The van der Waals surface area contributed by atoms with Gasteiger partial charge < -0.3 is 15.1 Å². The summed E-state index contributed by atoms with van der Waals surface area (Å²) in [4.78, 5) is 25.2. The summed E-state index contributed by atoms with van der Waals surface area (Å²) in [6, 6.07) is 13.0. The minimum absolute atomic E-state index is 0.124. The maximum Gasteiger partial charge on any atom is 0.408 e. The second-order valence-corrected chi connectivity index (χ2v) is 9.12. The molecule has 0 bridgehead atoms. The van der Waals surface area contributed by atoms with E-state index in [4.69, 9.17) is 9.97 Å². The Kier molecular flexibility index (Phi) is 5.21. The lowest BCUT2D eigenvalue weighted by molar-refractivity contribution is 0.0763. The lowest BCUT2D eigenvalue weighted by Crippen LogP contribution is -2.52. The third-order valence-corrected chi connectivity index (χ3v) is 5.73. The van der Waals surface area contributed by atoms with Crippen LogP contribution in [0.15, 0.2) is 42.5 Å². The average Bonchev–Trinajstić information content (AvgIpc) is 3.14. The van der Waals surface area contributed by atoms with Gasteiger partial charge in [-0.1, -0.05) is 18.2 Å². The monoisotopic (exact) mass is 420 g/mol. The number of carboxylic acid groups (broad SMARTS) is 1. The van der Waals surface area contributed by atoms with E-state index in [1.807, 2.05) is 52.0 Å². The van der Waals surface area contributed by atoms with E-state index in [0.29, 0.717) is 24.5 Å².